The van der Waals surface area contributed by atoms with Crippen LogP contribution in [-0.2, 0) is 4.79 Å². The first-order chi connectivity index (χ1) is 5.61. The molecular weight excluding hydrogens is 172 g/mol. The second kappa shape index (κ2) is 4.17. The molecule has 1 N–H and O–H groups in total. The summed E-state index contributed by atoms with van der Waals surface area (Å²) in [5.41, 5.74) is 0. The molecule has 1 fully saturated rings. The fourth-order valence-electron chi connectivity index (χ4n) is 1.63. The Morgan fingerprint density at radius 1 is 1.67 bits per heavy atom. The van der Waals surface area contributed by atoms with Gasteiger partial charge in [0.15, 0.2) is 0 Å². The molecule has 1 heterocycles. The highest BCUT2D eigenvalue weighted by Gasteiger charge is 2.33. The zero-order valence-corrected chi connectivity index (χ0v) is 8.43. The number of thioether (sulfide) groups is 1. The molecule has 0 aromatic carbocycles. The number of carboxylic acid groups (broad SMARTS) is 1. The normalized spacial score (nSPS) is 29.6. The monoisotopic (exact) mass is 188 g/mol. The van der Waals surface area contributed by atoms with Crippen LogP contribution in [0, 0.1) is 11.8 Å². The van der Waals surface area contributed by atoms with E-state index >= 15 is 0 Å². The van der Waals surface area contributed by atoms with E-state index in [0.717, 1.165) is 18.6 Å². The Morgan fingerprint density at radius 3 is 2.83 bits per heavy atom. The Balaban J connectivity index is 2.46. The fourth-order valence-corrected chi connectivity index (χ4v) is 3.33. The van der Waals surface area contributed by atoms with Crippen molar-refractivity contribution in [3.8, 4) is 0 Å². The van der Waals surface area contributed by atoms with Crippen molar-refractivity contribution in [2.24, 2.45) is 11.8 Å². The molecule has 3 heteroatoms. The molecule has 1 aliphatic heterocycles. The van der Waals surface area contributed by atoms with Gasteiger partial charge in [-0.1, -0.05) is 13.8 Å². The van der Waals surface area contributed by atoms with Gasteiger partial charge in [0.25, 0.3) is 0 Å². The van der Waals surface area contributed by atoms with Crippen LogP contribution in [0.1, 0.15) is 26.7 Å². The van der Waals surface area contributed by atoms with E-state index in [1.807, 2.05) is 11.8 Å². The van der Waals surface area contributed by atoms with E-state index in [-0.39, 0.29) is 5.92 Å². The largest absolute Gasteiger partial charge is 0.481 e. The van der Waals surface area contributed by atoms with Crippen LogP contribution < -0.4 is 0 Å². The van der Waals surface area contributed by atoms with E-state index < -0.39 is 5.97 Å². The van der Waals surface area contributed by atoms with Gasteiger partial charge in [0.2, 0.25) is 0 Å². The van der Waals surface area contributed by atoms with Gasteiger partial charge in [0, 0.05) is 5.25 Å². The van der Waals surface area contributed by atoms with Crippen molar-refractivity contribution >= 4 is 17.7 Å². The van der Waals surface area contributed by atoms with Gasteiger partial charge in [-0.3, -0.25) is 4.79 Å². The zero-order chi connectivity index (χ0) is 9.14. The van der Waals surface area contributed by atoms with Gasteiger partial charge in [-0.25, -0.2) is 0 Å². The van der Waals surface area contributed by atoms with E-state index in [4.69, 9.17) is 5.11 Å². The quantitative estimate of drug-likeness (QED) is 0.738. The lowest BCUT2D eigenvalue weighted by Crippen LogP contribution is -2.22. The average molecular weight is 188 g/mol. The first-order valence-corrected chi connectivity index (χ1v) is 5.50. The summed E-state index contributed by atoms with van der Waals surface area (Å²) >= 11 is 1.83. The number of carbonyl (C=O) groups is 1. The zero-order valence-electron chi connectivity index (χ0n) is 7.62. The molecule has 0 aromatic rings. The molecule has 1 rings (SSSR count). The summed E-state index contributed by atoms with van der Waals surface area (Å²) in [6.45, 7) is 4.30. The second-order valence-corrected chi connectivity index (χ2v) is 5.12. The summed E-state index contributed by atoms with van der Waals surface area (Å²) in [6, 6.07) is 0. The average Bonchev–Trinajstić information content (AvgIpc) is 2.33. The molecule has 2 nitrogen and oxygen atoms in total. The maximum atomic E-state index is 10.8. The maximum Gasteiger partial charge on any atom is 0.307 e. The molecule has 70 valence electrons. The third-order valence-corrected chi connectivity index (χ3v) is 3.65. The molecule has 0 aromatic heterocycles. The predicted octanol–water partition coefficient (Wildman–Crippen LogP) is 2.24. The third-order valence-electron chi connectivity index (χ3n) is 2.23. The van der Waals surface area contributed by atoms with Crippen LogP contribution in [0.4, 0.5) is 0 Å². The first-order valence-electron chi connectivity index (χ1n) is 4.45. The molecule has 0 saturated carbocycles. The van der Waals surface area contributed by atoms with Crippen LogP contribution in [0.15, 0.2) is 0 Å². The van der Waals surface area contributed by atoms with Gasteiger partial charge in [-0.2, -0.15) is 11.8 Å². The molecule has 12 heavy (non-hydrogen) atoms. The molecule has 0 aliphatic carbocycles. The SMILES string of the molecule is CC(C)CC1SCCC1C(=O)O. The lowest BCUT2D eigenvalue weighted by Gasteiger charge is -2.16. The minimum atomic E-state index is -0.606. The number of carboxylic acids is 1. The molecule has 2 atom stereocenters. The number of aliphatic carboxylic acids is 1. The van der Waals surface area contributed by atoms with Crippen LogP contribution in [0.5, 0.6) is 0 Å². The minimum absolute atomic E-state index is 0.0857. The molecular formula is C9H16O2S. The molecule has 0 amide bonds. The summed E-state index contributed by atoms with van der Waals surface area (Å²) in [7, 11) is 0. The number of hydrogen-bond acceptors (Lipinski definition) is 2. The van der Waals surface area contributed by atoms with Crippen LogP contribution in [0.3, 0.4) is 0 Å². The van der Waals surface area contributed by atoms with E-state index in [2.05, 4.69) is 13.8 Å². The predicted molar refractivity (Wildman–Crippen MR) is 51.4 cm³/mol. The lowest BCUT2D eigenvalue weighted by atomic mass is 9.96. The van der Waals surface area contributed by atoms with E-state index in [1.54, 1.807) is 0 Å². The van der Waals surface area contributed by atoms with Crippen LogP contribution in [0.2, 0.25) is 0 Å². The highest BCUT2D eigenvalue weighted by molar-refractivity contribution is 8.00. The second-order valence-electron chi connectivity index (χ2n) is 3.77. The van der Waals surface area contributed by atoms with Gasteiger partial charge < -0.3 is 5.11 Å². The van der Waals surface area contributed by atoms with Gasteiger partial charge >= 0.3 is 5.97 Å². The number of hydrogen-bond donors (Lipinski definition) is 1. The molecule has 0 bridgehead atoms. The summed E-state index contributed by atoms with van der Waals surface area (Å²) in [5, 5.41) is 9.25. The number of rotatable bonds is 3. The lowest BCUT2D eigenvalue weighted by molar-refractivity contribution is -0.141. The molecule has 1 saturated heterocycles. The summed E-state index contributed by atoms with van der Waals surface area (Å²) < 4.78 is 0. The van der Waals surface area contributed by atoms with Crippen molar-refractivity contribution < 1.29 is 9.90 Å². The van der Waals surface area contributed by atoms with E-state index in [9.17, 15) is 4.79 Å². The van der Waals surface area contributed by atoms with Crippen molar-refractivity contribution in [3.05, 3.63) is 0 Å². The maximum absolute atomic E-state index is 10.8. The van der Waals surface area contributed by atoms with Crippen molar-refractivity contribution in [1.29, 1.82) is 0 Å². The third kappa shape index (κ3) is 2.41. The Bertz CT molecular complexity index is 168. The highest BCUT2D eigenvalue weighted by atomic mass is 32.2. The van der Waals surface area contributed by atoms with Crippen molar-refractivity contribution in [1.82, 2.24) is 0 Å². The Labute approximate surface area is 77.7 Å². The van der Waals surface area contributed by atoms with Gasteiger partial charge in [0.05, 0.1) is 5.92 Å². The van der Waals surface area contributed by atoms with Crippen molar-refractivity contribution in [3.63, 3.8) is 0 Å². The van der Waals surface area contributed by atoms with Crippen LogP contribution in [0.25, 0.3) is 0 Å². The Hall–Kier alpha value is -0.180. The Kier molecular flexibility index (Phi) is 3.44. The molecule has 1 aliphatic rings. The summed E-state index contributed by atoms with van der Waals surface area (Å²) in [5.74, 6) is 0.944. The van der Waals surface area contributed by atoms with Gasteiger partial charge in [-0.15, -0.1) is 0 Å². The first kappa shape index (κ1) is 9.90. The minimum Gasteiger partial charge on any atom is -0.481 e. The van der Waals surface area contributed by atoms with Crippen LogP contribution in [-0.4, -0.2) is 22.1 Å². The molecule has 0 spiro atoms. The fraction of sp³-hybridized carbons (Fsp3) is 0.889. The standard InChI is InChI=1S/C9H16O2S/c1-6(2)5-8-7(9(10)11)3-4-12-8/h6-8H,3-5H2,1-2H3,(H,10,11). The van der Waals surface area contributed by atoms with Crippen LogP contribution >= 0.6 is 11.8 Å². The van der Waals surface area contributed by atoms with Gasteiger partial charge in [0.1, 0.15) is 0 Å². The van der Waals surface area contributed by atoms with E-state index in [0.29, 0.717) is 11.2 Å². The summed E-state index contributed by atoms with van der Waals surface area (Å²) in [4.78, 5) is 10.8. The van der Waals surface area contributed by atoms with Gasteiger partial charge in [-0.05, 0) is 24.5 Å². The molecule has 0 radical (unpaired) electrons. The smallest absolute Gasteiger partial charge is 0.307 e. The highest BCUT2D eigenvalue weighted by Crippen LogP contribution is 2.36. The molecule has 2 unspecified atom stereocenters. The summed E-state index contributed by atoms with van der Waals surface area (Å²) in [6.07, 6.45) is 1.90. The topological polar surface area (TPSA) is 37.3 Å². The Morgan fingerprint density at radius 2 is 2.33 bits per heavy atom. The van der Waals surface area contributed by atoms with E-state index in [1.165, 1.54) is 0 Å². The van der Waals surface area contributed by atoms with Crippen molar-refractivity contribution in [2.75, 3.05) is 5.75 Å². The van der Waals surface area contributed by atoms with Crippen molar-refractivity contribution in [2.45, 2.75) is 31.9 Å².